The Morgan fingerprint density at radius 2 is 2.33 bits per heavy atom. The molecule has 1 heterocycles. The standard InChI is InChI=1S/C7H11N3O2/c1-3-4-10-5(2)6(7(11)12)8-9-10/h3-4H2,1-2H3,(H,11,12). The molecule has 12 heavy (non-hydrogen) atoms. The second-order valence-corrected chi connectivity index (χ2v) is 2.55. The zero-order chi connectivity index (χ0) is 9.14. The summed E-state index contributed by atoms with van der Waals surface area (Å²) >= 11 is 0. The van der Waals surface area contributed by atoms with Crippen LogP contribution in [-0.4, -0.2) is 26.1 Å². The molecule has 0 atom stereocenters. The fraction of sp³-hybridized carbons (Fsp3) is 0.571. The molecular formula is C7H11N3O2. The number of aryl methyl sites for hydroxylation is 1. The minimum Gasteiger partial charge on any atom is -0.476 e. The number of hydrogen-bond acceptors (Lipinski definition) is 3. The molecule has 0 fully saturated rings. The molecule has 0 aromatic carbocycles. The number of nitrogens with zero attached hydrogens (tertiary/aromatic N) is 3. The Hall–Kier alpha value is -1.39. The largest absolute Gasteiger partial charge is 0.476 e. The number of aromatic carboxylic acids is 1. The Balaban J connectivity index is 2.96. The molecule has 0 saturated heterocycles. The highest BCUT2D eigenvalue weighted by atomic mass is 16.4. The quantitative estimate of drug-likeness (QED) is 0.723. The first-order valence-corrected chi connectivity index (χ1v) is 3.80. The third kappa shape index (κ3) is 1.44. The van der Waals surface area contributed by atoms with E-state index in [1.165, 1.54) is 0 Å². The molecule has 0 aliphatic rings. The normalized spacial score (nSPS) is 10.2. The fourth-order valence-electron chi connectivity index (χ4n) is 0.982. The lowest BCUT2D eigenvalue weighted by Gasteiger charge is -1.98. The lowest BCUT2D eigenvalue weighted by Crippen LogP contribution is -2.03. The maximum atomic E-state index is 10.5. The molecule has 0 unspecified atom stereocenters. The summed E-state index contributed by atoms with van der Waals surface area (Å²) in [6.45, 7) is 4.42. The van der Waals surface area contributed by atoms with Gasteiger partial charge in [-0.05, 0) is 13.3 Å². The van der Waals surface area contributed by atoms with Crippen LogP contribution in [-0.2, 0) is 6.54 Å². The molecule has 1 aromatic heterocycles. The Bertz CT molecular complexity index is 293. The van der Waals surface area contributed by atoms with E-state index in [4.69, 9.17) is 5.11 Å². The first-order chi connectivity index (χ1) is 5.66. The summed E-state index contributed by atoms with van der Waals surface area (Å²) in [5.41, 5.74) is 0.660. The van der Waals surface area contributed by atoms with Gasteiger partial charge in [0.1, 0.15) is 0 Å². The molecule has 1 rings (SSSR count). The lowest BCUT2D eigenvalue weighted by atomic mass is 10.3. The maximum absolute atomic E-state index is 10.5. The Labute approximate surface area is 70.0 Å². The Kier molecular flexibility index (Phi) is 2.42. The minimum atomic E-state index is -1.02. The van der Waals surface area contributed by atoms with Crippen LogP contribution in [0.1, 0.15) is 29.5 Å². The summed E-state index contributed by atoms with van der Waals surface area (Å²) < 4.78 is 1.60. The van der Waals surface area contributed by atoms with Crippen molar-refractivity contribution in [2.24, 2.45) is 0 Å². The molecule has 0 radical (unpaired) electrons. The van der Waals surface area contributed by atoms with Gasteiger partial charge in [0.15, 0.2) is 5.69 Å². The molecule has 5 heteroatoms. The summed E-state index contributed by atoms with van der Waals surface area (Å²) in [5, 5.41) is 15.9. The van der Waals surface area contributed by atoms with Crippen molar-refractivity contribution >= 4 is 5.97 Å². The van der Waals surface area contributed by atoms with Gasteiger partial charge in [-0.2, -0.15) is 0 Å². The molecule has 66 valence electrons. The van der Waals surface area contributed by atoms with Crippen molar-refractivity contribution in [2.45, 2.75) is 26.8 Å². The molecule has 0 amide bonds. The maximum Gasteiger partial charge on any atom is 0.358 e. The Morgan fingerprint density at radius 3 is 2.75 bits per heavy atom. The summed E-state index contributed by atoms with van der Waals surface area (Å²) in [6.07, 6.45) is 0.920. The summed E-state index contributed by atoms with van der Waals surface area (Å²) in [6, 6.07) is 0. The van der Waals surface area contributed by atoms with E-state index in [1.807, 2.05) is 6.92 Å². The van der Waals surface area contributed by atoms with Gasteiger partial charge in [0.2, 0.25) is 0 Å². The van der Waals surface area contributed by atoms with Crippen LogP contribution in [0, 0.1) is 6.92 Å². The van der Waals surface area contributed by atoms with Crippen LogP contribution in [0.2, 0.25) is 0 Å². The zero-order valence-electron chi connectivity index (χ0n) is 7.11. The molecule has 0 aliphatic carbocycles. The van der Waals surface area contributed by atoms with Crippen molar-refractivity contribution in [3.63, 3.8) is 0 Å². The summed E-state index contributed by atoms with van der Waals surface area (Å²) in [7, 11) is 0. The minimum absolute atomic E-state index is 0.0449. The predicted molar refractivity (Wildman–Crippen MR) is 42.0 cm³/mol. The van der Waals surface area contributed by atoms with E-state index in [1.54, 1.807) is 11.6 Å². The third-order valence-electron chi connectivity index (χ3n) is 1.62. The number of carbonyl (C=O) groups is 1. The summed E-state index contributed by atoms with van der Waals surface area (Å²) in [4.78, 5) is 10.5. The van der Waals surface area contributed by atoms with E-state index in [-0.39, 0.29) is 5.69 Å². The molecule has 5 nitrogen and oxygen atoms in total. The number of carboxylic acids is 1. The van der Waals surface area contributed by atoms with Crippen LogP contribution in [0.4, 0.5) is 0 Å². The van der Waals surface area contributed by atoms with Gasteiger partial charge in [0.05, 0.1) is 5.69 Å². The van der Waals surface area contributed by atoms with Crippen molar-refractivity contribution < 1.29 is 9.90 Å². The van der Waals surface area contributed by atoms with E-state index in [9.17, 15) is 4.79 Å². The first-order valence-electron chi connectivity index (χ1n) is 3.80. The van der Waals surface area contributed by atoms with Crippen molar-refractivity contribution in [3.8, 4) is 0 Å². The molecule has 0 spiro atoms. The van der Waals surface area contributed by atoms with Gasteiger partial charge >= 0.3 is 5.97 Å². The SMILES string of the molecule is CCCn1nnc(C(=O)O)c1C. The van der Waals surface area contributed by atoms with Gasteiger partial charge in [-0.1, -0.05) is 12.1 Å². The summed E-state index contributed by atoms with van der Waals surface area (Å²) in [5.74, 6) is -1.02. The van der Waals surface area contributed by atoms with Crippen molar-refractivity contribution in [3.05, 3.63) is 11.4 Å². The number of rotatable bonds is 3. The first kappa shape index (κ1) is 8.70. The predicted octanol–water partition coefficient (Wildman–Crippen LogP) is 0.695. The van der Waals surface area contributed by atoms with Gasteiger partial charge in [-0.25, -0.2) is 9.48 Å². The average molecular weight is 169 g/mol. The van der Waals surface area contributed by atoms with E-state index < -0.39 is 5.97 Å². The molecule has 1 aromatic rings. The van der Waals surface area contributed by atoms with Gasteiger partial charge in [0.25, 0.3) is 0 Å². The molecule has 1 N–H and O–H groups in total. The highest BCUT2D eigenvalue weighted by Crippen LogP contribution is 2.03. The van der Waals surface area contributed by atoms with Crippen LogP contribution in [0.15, 0.2) is 0 Å². The average Bonchev–Trinajstić information content (AvgIpc) is 2.34. The smallest absolute Gasteiger partial charge is 0.358 e. The lowest BCUT2D eigenvalue weighted by molar-refractivity contribution is 0.0689. The second kappa shape index (κ2) is 3.34. The van der Waals surface area contributed by atoms with Crippen LogP contribution in [0.3, 0.4) is 0 Å². The van der Waals surface area contributed by atoms with Crippen molar-refractivity contribution in [1.82, 2.24) is 15.0 Å². The molecule has 0 aliphatic heterocycles. The van der Waals surface area contributed by atoms with Gasteiger partial charge < -0.3 is 5.11 Å². The van der Waals surface area contributed by atoms with E-state index in [0.29, 0.717) is 12.2 Å². The van der Waals surface area contributed by atoms with E-state index in [2.05, 4.69) is 10.3 Å². The highest BCUT2D eigenvalue weighted by Gasteiger charge is 2.13. The molecule has 0 bridgehead atoms. The van der Waals surface area contributed by atoms with Gasteiger partial charge in [-0.3, -0.25) is 0 Å². The van der Waals surface area contributed by atoms with Gasteiger partial charge in [-0.15, -0.1) is 5.10 Å². The van der Waals surface area contributed by atoms with Crippen molar-refractivity contribution in [1.29, 1.82) is 0 Å². The van der Waals surface area contributed by atoms with Crippen LogP contribution >= 0.6 is 0 Å². The Morgan fingerprint density at radius 1 is 1.67 bits per heavy atom. The van der Waals surface area contributed by atoms with E-state index >= 15 is 0 Å². The monoisotopic (exact) mass is 169 g/mol. The highest BCUT2D eigenvalue weighted by molar-refractivity contribution is 5.86. The molecular weight excluding hydrogens is 158 g/mol. The van der Waals surface area contributed by atoms with Gasteiger partial charge in [0, 0.05) is 6.54 Å². The third-order valence-corrected chi connectivity index (χ3v) is 1.62. The topological polar surface area (TPSA) is 68.0 Å². The van der Waals surface area contributed by atoms with Crippen molar-refractivity contribution in [2.75, 3.05) is 0 Å². The fourth-order valence-corrected chi connectivity index (χ4v) is 0.982. The van der Waals surface area contributed by atoms with Crippen LogP contribution < -0.4 is 0 Å². The second-order valence-electron chi connectivity index (χ2n) is 2.55. The van der Waals surface area contributed by atoms with Crippen LogP contribution in [0.25, 0.3) is 0 Å². The zero-order valence-corrected chi connectivity index (χ0v) is 7.11. The molecule has 0 saturated carbocycles. The number of aromatic nitrogens is 3. The van der Waals surface area contributed by atoms with Crippen LogP contribution in [0.5, 0.6) is 0 Å². The van der Waals surface area contributed by atoms with E-state index in [0.717, 1.165) is 6.42 Å². The number of hydrogen-bond donors (Lipinski definition) is 1. The number of carboxylic acid groups (broad SMARTS) is 1.